The van der Waals surface area contributed by atoms with E-state index in [4.69, 9.17) is 21.1 Å². The monoisotopic (exact) mass is 510 g/mol. The van der Waals surface area contributed by atoms with Gasteiger partial charge < -0.3 is 20.1 Å². The molecule has 1 aromatic heterocycles. The van der Waals surface area contributed by atoms with Crippen LogP contribution in [0, 0.1) is 5.82 Å². The number of fused-ring (bicyclic) bond motifs is 1. The summed E-state index contributed by atoms with van der Waals surface area (Å²) in [5.74, 6) is -0.978. The number of nitrogens with zero attached hydrogens (tertiary/aromatic N) is 2. The van der Waals surface area contributed by atoms with Crippen LogP contribution < -0.4 is 10.6 Å². The Hall–Kier alpha value is -3.49. The Morgan fingerprint density at radius 2 is 2.00 bits per heavy atom. The van der Waals surface area contributed by atoms with Gasteiger partial charge in [-0.15, -0.1) is 0 Å². The van der Waals surface area contributed by atoms with Gasteiger partial charge >= 0.3 is 5.97 Å². The lowest BCUT2D eigenvalue weighted by atomic mass is 10.0. The number of aromatic nitrogens is 1. The summed E-state index contributed by atoms with van der Waals surface area (Å²) in [7, 11) is 2.94. The van der Waals surface area contributed by atoms with Gasteiger partial charge in [-0.1, -0.05) is 17.7 Å². The molecule has 0 spiro atoms. The van der Waals surface area contributed by atoms with Gasteiger partial charge in [-0.2, -0.15) is 0 Å². The second-order valence-corrected chi connectivity index (χ2v) is 9.47. The Kier molecular flexibility index (Phi) is 7.28. The topological polar surface area (TPSA) is 84.8 Å². The molecule has 36 heavy (non-hydrogen) atoms. The number of anilines is 1. The molecule has 0 radical (unpaired) electrons. The molecule has 1 unspecified atom stereocenters. The predicted molar refractivity (Wildman–Crippen MR) is 141 cm³/mol. The van der Waals surface area contributed by atoms with E-state index in [-0.39, 0.29) is 11.7 Å². The molecule has 3 aromatic rings. The molecule has 1 aliphatic heterocycles. The number of rotatable bonds is 7. The highest BCUT2D eigenvalue weighted by Crippen LogP contribution is 2.35. The number of esters is 1. The number of aliphatic imine (C=N–C) groups is 1. The maximum absolute atomic E-state index is 14.7. The van der Waals surface area contributed by atoms with E-state index in [2.05, 4.69) is 20.6 Å². The second-order valence-electron chi connectivity index (χ2n) is 9.06. The first-order valence-electron chi connectivity index (χ1n) is 11.4. The van der Waals surface area contributed by atoms with Crippen molar-refractivity contribution >= 4 is 45.9 Å². The number of methoxy groups -OCH3 is 2. The van der Waals surface area contributed by atoms with E-state index < -0.39 is 23.4 Å². The van der Waals surface area contributed by atoms with Crippen LogP contribution >= 0.6 is 11.6 Å². The molecule has 0 aliphatic carbocycles. The largest absolute Gasteiger partial charge is 0.465 e. The van der Waals surface area contributed by atoms with Crippen LogP contribution in [0.15, 0.2) is 53.8 Å². The summed E-state index contributed by atoms with van der Waals surface area (Å²) in [5, 5.41) is 7.76. The lowest BCUT2D eigenvalue weighted by molar-refractivity contribution is -0.00408. The van der Waals surface area contributed by atoms with Gasteiger partial charge in [-0.3, -0.25) is 9.98 Å². The molecule has 188 valence electrons. The summed E-state index contributed by atoms with van der Waals surface area (Å²) in [6, 6.07) is 9.44. The van der Waals surface area contributed by atoms with E-state index >= 15 is 0 Å². The van der Waals surface area contributed by atoms with Gasteiger partial charge in [-0.05, 0) is 56.7 Å². The molecule has 0 amide bonds. The van der Waals surface area contributed by atoms with Crippen LogP contribution in [0.2, 0.25) is 5.02 Å². The van der Waals surface area contributed by atoms with Gasteiger partial charge in [0.25, 0.3) is 0 Å². The molecular formula is C27H28ClFN4O3. The molecule has 2 heterocycles. The van der Waals surface area contributed by atoms with Gasteiger partial charge in [0.05, 0.1) is 34.9 Å². The maximum atomic E-state index is 14.7. The molecule has 7 nitrogen and oxygen atoms in total. The van der Waals surface area contributed by atoms with E-state index in [1.165, 1.54) is 25.3 Å². The number of carbonyl (C=O) groups is 1. The number of benzene rings is 2. The van der Waals surface area contributed by atoms with Crippen molar-refractivity contribution in [2.75, 3.05) is 19.5 Å². The van der Waals surface area contributed by atoms with E-state index in [0.29, 0.717) is 16.3 Å². The van der Waals surface area contributed by atoms with Crippen LogP contribution in [0.3, 0.4) is 0 Å². The summed E-state index contributed by atoms with van der Waals surface area (Å²) in [5.41, 5.74) is 3.24. The zero-order valence-electron chi connectivity index (χ0n) is 20.7. The quantitative estimate of drug-likeness (QED) is 0.393. The SMILES string of the molecule is COC(=O)c1ccc(F)c([C@@H](C)Nc2c(Cl)cnc3ccc(C4=CNC(C(C)(C)OC)N=C4)cc23)c1. The normalized spacial score (nSPS) is 16.3. The number of hydrogen-bond acceptors (Lipinski definition) is 7. The Bertz CT molecular complexity index is 1370. The first-order chi connectivity index (χ1) is 17.1. The molecular weight excluding hydrogens is 483 g/mol. The zero-order valence-corrected chi connectivity index (χ0v) is 21.5. The van der Waals surface area contributed by atoms with Gasteiger partial charge in [0.15, 0.2) is 0 Å². The number of carbonyl (C=O) groups excluding carboxylic acids is 1. The summed E-state index contributed by atoms with van der Waals surface area (Å²) < 4.78 is 25.0. The molecule has 1 aliphatic rings. The van der Waals surface area contributed by atoms with Crippen LogP contribution in [0.4, 0.5) is 10.1 Å². The minimum Gasteiger partial charge on any atom is -0.465 e. The average Bonchev–Trinajstić information content (AvgIpc) is 2.89. The number of nitrogens with one attached hydrogen (secondary N) is 2. The Morgan fingerprint density at radius 1 is 1.22 bits per heavy atom. The van der Waals surface area contributed by atoms with Crippen molar-refractivity contribution in [1.29, 1.82) is 0 Å². The van der Waals surface area contributed by atoms with Crippen molar-refractivity contribution in [3.05, 3.63) is 76.3 Å². The second kappa shape index (κ2) is 10.2. The van der Waals surface area contributed by atoms with Gasteiger partial charge in [-0.25, -0.2) is 9.18 Å². The third kappa shape index (κ3) is 5.05. The van der Waals surface area contributed by atoms with E-state index in [1.807, 2.05) is 44.5 Å². The Labute approximate surface area is 214 Å². The van der Waals surface area contributed by atoms with Crippen LogP contribution in [0.25, 0.3) is 16.5 Å². The van der Waals surface area contributed by atoms with E-state index in [1.54, 1.807) is 20.2 Å². The molecule has 2 atom stereocenters. The van der Waals surface area contributed by atoms with Gasteiger partial charge in [0.2, 0.25) is 0 Å². The third-order valence-corrected chi connectivity index (χ3v) is 6.63. The lowest BCUT2D eigenvalue weighted by Gasteiger charge is -2.32. The minimum atomic E-state index is -0.535. The highest BCUT2D eigenvalue weighted by molar-refractivity contribution is 6.34. The summed E-state index contributed by atoms with van der Waals surface area (Å²) in [6.45, 7) is 5.73. The molecule has 4 rings (SSSR count). The number of hydrogen-bond donors (Lipinski definition) is 2. The predicted octanol–water partition coefficient (Wildman–Crippen LogP) is 5.75. The fraction of sp³-hybridized carbons (Fsp3) is 0.296. The number of ether oxygens (including phenoxy) is 2. The highest BCUT2D eigenvalue weighted by Gasteiger charge is 2.29. The fourth-order valence-corrected chi connectivity index (χ4v) is 4.17. The maximum Gasteiger partial charge on any atom is 0.337 e. The van der Waals surface area contributed by atoms with Crippen LogP contribution in [0.5, 0.6) is 0 Å². The number of pyridine rings is 1. The molecule has 0 fully saturated rings. The van der Waals surface area contributed by atoms with Gasteiger partial charge in [0.1, 0.15) is 17.6 Å². The van der Waals surface area contributed by atoms with Crippen LogP contribution in [-0.2, 0) is 9.47 Å². The number of halogens is 2. The van der Waals surface area contributed by atoms with Crippen molar-refractivity contribution < 1.29 is 18.7 Å². The summed E-state index contributed by atoms with van der Waals surface area (Å²) in [6.07, 6.45) is 5.06. The van der Waals surface area contributed by atoms with Crippen LogP contribution in [-0.4, -0.2) is 43.2 Å². The van der Waals surface area contributed by atoms with Crippen LogP contribution in [0.1, 0.15) is 48.3 Å². The molecule has 2 N–H and O–H groups in total. The smallest absolute Gasteiger partial charge is 0.337 e. The van der Waals surface area contributed by atoms with Crippen molar-refractivity contribution in [2.45, 2.75) is 38.6 Å². The third-order valence-electron chi connectivity index (χ3n) is 6.34. The van der Waals surface area contributed by atoms with E-state index in [0.717, 1.165) is 22.0 Å². The Balaban J connectivity index is 1.67. The standard InChI is InChI=1S/C27H28ClFN4O3/c1-15(19-11-17(25(34)35-4)6-8-22(19)29)33-24-20-10-16(7-9-23(20)30-14-21(24)28)18-12-31-26(32-13-18)27(2,3)36-5/h6-15,26,31H,1-5H3,(H,30,33)/t15-,26?/m1/s1. The van der Waals surface area contributed by atoms with Crippen molar-refractivity contribution in [3.8, 4) is 0 Å². The minimum absolute atomic E-state index is 0.212. The molecule has 0 saturated carbocycles. The van der Waals surface area contributed by atoms with Crippen molar-refractivity contribution in [1.82, 2.24) is 10.3 Å². The Morgan fingerprint density at radius 3 is 2.67 bits per heavy atom. The molecule has 2 aromatic carbocycles. The summed E-state index contributed by atoms with van der Waals surface area (Å²) in [4.78, 5) is 21.0. The fourth-order valence-electron chi connectivity index (χ4n) is 3.96. The zero-order chi connectivity index (χ0) is 26.0. The van der Waals surface area contributed by atoms with E-state index in [9.17, 15) is 9.18 Å². The van der Waals surface area contributed by atoms with Crippen molar-refractivity contribution in [3.63, 3.8) is 0 Å². The molecule has 0 bridgehead atoms. The molecule has 0 saturated heterocycles. The number of allylic oxidation sites excluding steroid dienone is 1. The first-order valence-corrected chi connectivity index (χ1v) is 11.8. The van der Waals surface area contributed by atoms with Crippen molar-refractivity contribution in [2.24, 2.45) is 4.99 Å². The summed E-state index contributed by atoms with van der Waals surface area (Å²) >= 11 is 6.54. The lowest BCUT2D eigenvalue weighted by Crippen LogP contribution is -2.46. The first kappa shape index (κ1) is 25.6. The average molecular weight is 511 g/mol. The highest BCUT2D eigenvalue weighted by atomic mass is 35.5. The molecule has 9 heteroatoms. The van der Waals surface area contributed by atoms with Gasteiger partial charge in [0, 0.05) is 42.2 Å².